The molecule has 304 valence electrons. The van der Waals surface area contributed by atoms with Crippen molar-refractivity contribution in [3.8, 4) is 34.9 Å². The van der Waals surface area contributed by atoms with Gasteiger partial charge >= 0.3 is 0 Å². The highest BCUT2D eigenvalue weighted by Crippen LogP contribution is 2.49. The molecule has 0 aliphatic rings. The van der Waals surface area contributed by atoms with Crippen molar-refractivity contribution in [2.24, 2.45) is 0 Å². The molecule has 0 unspecified atom stereocenters. The molecular formula is C60H34N6. The Morgan fingerprint density at radius 2 is 0.500 bits per heavy atom. The van der Waals surface area contributed by atoms with Gasteiger partial charge in [0, 0.05) is 43.1 Å². The maximum Gasteiger partial charge on any atom is 0.104 e. The highest BCUT2D eigenvalue weighted by molar-refractivity contribution is 6.22. The molecule has 0 spiro atoms. The summed E-state index contributed by atoms with van der Waals surface area (Å²) in [7, 11) is 0. The van der Waals surface area contributed by atoms with Crippen LogP contribution in [0.4, 0.5) is 0 Å². The van der Waals surface area contributed by atoms with E-state index in [1.165, 1.54) is 0 Å². The van der Waals surface area contributed by atoms with Crippen molar-refractivity contribution in [2.75, 3.05) is 0 Å². The molecule has 10 aromatic carbocycles. The van der Waals surface area contributed by atoms with Crippen molar-refractivity contribution in [1.29, 1.82) is 10.5 Å². The second-order valence-corrected chi connectivity index (χ2v) is 17.0. The van der Waals surface area contributed by atoms with Gasteiger partial charge in [0.15, 0.2) is 0 Å². The Balaban J connectivity index is 1.33. The van der Waals surface area contributed by atoms with E-state index in [0.29, 0.717) is 33.9 Å². The standard InChI is InChI=1S/C60H34N6/c61-35-46-57(63-48-26-10-3-19-39(48)40-20-4-11-27-49(40)63)58(64-50-28-12-5-21-41(50)42-22-6-13-29-51(42)64)47(36-62)60(59(46)65-52-30-14-7-23-43(52)44-24-8-15-31-53(44)65)66-54-32-16-9-25-45(54)56-38-18-2-1-17-37(38)33-34-55(56)66/h1-34H. The van der Waals surface area contributed by atoms with Crippen molar-refractivity contribution < 1.29 is 0 Å². The number of fused-ring (bicyclic) bond motifs is 14. The highest BCUT2D eigenvalue weighted by Gasteiger charge is 2.34. The van der Waals surface area contributed by atoms with Crippen LogP contribution in [0.5, 0.6) is 0 Å². The Hall–Kier alpha value is -9.36. The van der Waals surface area contributed by atoms with Crippen molar-refractivity contribution >= 4 is 98.0 Å². The molecule has 0 atom stereocenters. The maximum absolute atomic E-state index is 12.4. The molecule has 14 aromatic rings. The zero-order valence-electron chi connectivity index (χ0n) is 35.3. The van der Waals surface area contributed by atoms with Gasteiger partial charge in [0.25, 0.3) is 0 Å². The van der Waals surface area contributed by atoms with Gasteiger partial charge in [0.1, 0.15) is 23.3 Å². The first-order chi connectivity index (χ1) is 32.7. The number of aromatic nitrogens is 4. The number of para-hydroxylation sites is 7. The first-order valence-electron chi connectivity index (χ1n) is 22.2. The first kappa shape index (κ1) is 36.2. The average molecular weight is 839 g/mol. The Morgan fingerprint density at radius 3 is 0.833 bits per heavy atom. The third-order valence-electron chi connectivity index (χ3n) is 13.8. The van der Waals surface area contributed by atoms with E-state index in [0.717, 1.165) is 98.0 Å². The summed E-state index contributed by atoms with van der Waals surface area (Å²) in [5.74, 6) is 0. The number of nitrogens with zero attached hydrogens (tertiary/aromatic N) is 6. The van der Waals surface area contributed by atoms with Crippen molar-refractivity contribution in [1.82, 2.24) is 18.3 Å². The van der Waals surface area contributed by atoms with Gasteiger partial charge in [0.2, 0.25) is 0 Å². The van der Waals surface area contributed by atoms with E-state index in [9.17, 15) is 10.5 Å². The molecule has 0 aliphatic carbocycles. The molecular weight excluding hydrogens is 805 g/mol. The first-order valence-corrected chi connectivity index (χ1v) is 22.2. The molecule has 14 rings (SSSR count). The number of hydrogen-bond donors (Lipinski definition) is 0. The van der Waals surface area contributed by atoms with Crippen LogP contribution in [-0.4, -0.2) is 18.3 Å². The van der Waals surface area contributed by atoms with Crippen molar-refractivity contribution in [3.05, 3.63) is 217 Å². The monoisotopic (exact) mass is 838 g/mol. The van der Waals surface area contributed by atoms with Crippen molar-refractivity contribution in [2.45, 2.75) is 0 Å². The minimum atomic E-state index is 0.435. The molecule has 6 heteroatoms. The van der Waals surface area contributed by atoms with Gasteiger partial charge in [0.05, 0.1) is 66.9 Å². The molecule has 0 fully saturated rings. The van der Waals surface area contributed by atoms with E-state index in [1.54, 1.807) is 0 Å². The van der Waals surface area contributed by atoms with E-state index >= 15 is 0 Å². The van der Waals surface area contributed by atoms with E-state index in [2.05, 4.69) is 237 Å². The van der Waals surface area contributed by atoms with E-state index in [1.807, 2.05) is 0 Å². The number of hydrogen-bond acceptors (Lipinski definition) is 2. The van der Waals surface area contributed by atoms with Gasteiger partial charge in [-0.3, -0.25) is 0 Å². The van der Waals surface area contributed by atoms with Crippen LogP contribution >= 0.6 is 0 Å². The van der Waals surface area contributed by atoms with Gasteiger partial charge < -0.3 is 18.3 Å². The number of nitriles is 2. The summed E-state index contributed by atoms with van der Waals surface area (Å²) in [6.45, 7) is 0. The molecule has 66 heavy (non-hydrogen) atoms. The Morgan fingerprint density at radius 1 is 0.242 bits per heavy atom. The topological polar surface area (TPSA) is 67.3 Å². The Labute approximate surface area is 377 Å². The Kier molecular flexibility index (Phi) is 7.43. The number of rotatable bonds is 4. The van der Waals surface area contributed by atoms with Crippen LogP contribution in [0, 0.1) is 22.7 Å². The summed E-state index contributed by atoms with van der Waals surface area (Å²) < 4.78 is 8.99. The number of benzene rings is 10. The lowest BCUT2D eigenvalue weighted by Crippen LogP contribution is -2.16. The van der Waals surface area contributed by atoms with E-state index in [-0.39, 0.29) is 0 Å². The predicted molar refractivity (Wildman–Crippen MR) is 271 cm³/mol. The average Bonchev–Trinajstić information content (AvgIpc) is 4.11. The summed E-state index contributed by atoms with van der Waals surface area (Å²) in [5.41, 5.74) is 10.9. The predicted octanol–water partition coefficient (Wildman–Crippen LogP) is 15.0. The Bertz CT molecular complexity index is 4340. The minimum absolute atomic E-state index is 0.435. The lowest BCUT2D eigenvalue weighted by molar-refractivity contribution is 1.02. The fourth-order valence-corrected chi connectivity index (χ4v) is 11.3. The maximum atomic E-state index is 12.4. The smallest absolute Gasteiger partial charge is 0.104 e. The summed E-state index contributed by atoms with van der Waals surface area (Å²) in [4.78, 5) is 0. The van der Waals surface area contributed by atoms with Gasteiger partial charge in [-0.1, -0.05) is 158 Å². The van der Waals surface area contributed by atoms with Crippen LogP contribution in [0.25, 0.3) is 121 Å². The van der Waals surface area contributed by atoms with E-state index in [4.69, 9.17) is 0 Å². The molecule has 0 aliphatic heterocycles. The molecule has 6 nitrogen and oxygen atoms in total. The third kappa shape index (κ3) is 4.66. The molecule has 0 saturated heterocycles. The van der Waals surface area contributed by atoms with Gasteiger partial charge in [-0.25, -0.2) is 0 Å². The molecule has 0 radical (unpaired) electrons. The second-order valence-electron chi connectivity index (χ2n) is 17.0. The van der Waals surface area contributed by atoms with Gasteiger partial charge in [-0.15, -0.1) is 0 Å². The van der Waals surface area contributed by atoms with Gasteiger partial charge in [-0.2, -0.15) is 10.5 Å². The van der Waals surface area contributed by atoms with Crippen LogP contribution in [0.3, 0.4) is 0 Å². The van der Waals surface area contributed by atoms with Gasteiger partial charge in [-0.05, 0) is 59.3 Å². The SMILES string of the molecule is N#Cc1c(-n2c3ccccc3c3ccccc32)c(-n2c3ccccc3c3ccccc32)c(C#N)c(-n2c3ccccc3c3c4ccccc4ccc32)c1-n1c2ccccc2c2ccccc21. The van der Waals surface area contributed by atoms with Crippen LogP contribution in [0.1, 0.15) is 11.1 Å². The largest absolute Gasteiger partial charge is 0.306 e. The zero-order valence-corrected chi connectivity index (χ0v) is 35.3. The molecule has 0 saturated carbocycles. The summed E-state index contributed by atoms with van der Waals surface area (Å²) >= 11 is 0. The highest BCUT2D eigenvalue weighted by atomic mass is 15.1. The lowest BCUT2D eigenvalue weighted by Gasteiger charge is -2.27. The lowest BCUT2D eigenvalue weighted by atomic mass is 9.98. The summed E-state index contributed by atoms with van der Waals surface area (Å²) in [5, 5.41) is 35.6. The second kappa shape index (κ2) is 13.6. The molecule has 0 amide bonds. The van der Waals surface area contributed by atoms with Crippen LogP contribution < -0.4 is 0 Å². The molecule has 4 aromatic heterocycles. The van der Waals surface area contributed by atoms with E-state index < -0.39 is 0 Å². The van der Waals surface area contributed by atoms with Crippen LogP contribution in [0.2, 0.25) is 0 Å². The quantitative estimate of drug-likeness (QED) is 0.177. The summed E-state index contributed by atoms with van der Waals surface area (Å²) in [6, 6.07) is 77.6. The fraction of sp³-hybridized carbons (Fsp3) is 0. The summed E-state index contributed by atoms with van der Waals surface area (Å²) in [6.07, 6.45) is 0. The third-order valence-corrected chi connectivity index (χ3v) is 13.8. The van der Waals surface area contributed by atoms with Crippen LogP contribution in [-0.2, 0) is 0 Å². The molecule has 0 N–H and O–H groups in total. The minimum Gasteiger partial charge on any atom is -0.306 e. The normalized spacial score (nSPS) is 11.9. The zero-order chi connectivity index (χ0) is 43.6. The molecule has 0 bridgehead atoms. The molecule has 4 heterocycles. The fourth-order valence-electron chi connectivity index (χ4n) is 11.3. The van der Waals surface area contributed by atoms with Crippen LogP contribution in [0.15, 0.2) is 206 Å². The van der Waals surface area contributed by atoms with Crippen molar-refractivity contribution in [3.63, 3.8) is 0 Å².